The van der Waals surface area contributed by atoms with Crippen LogP contribution in [-0.4, -0.2) is 17.1 Å². The molecule has 0 aliphatic heterocycles. The standard InChI is InChI=1S/C9H10ClN3O2/c1-3-15-9(14)7-6(12)5(4-11)8(10)13(7)2/h3,12H2,1-2H3. The van der Waals surface area contributed by atoms with Gasteiger partial charge in [-0.3, -0.25) is 0 Å². The topological polar surface area (TPSA) is 81.0 Å². The molecule has 6 heteroatoms. The summed E-state index contributed by atoms with van der Waals surface area (Å²) in [5.74, 6) is -0.583. The SMILES string of the molecule is CCOC(=O)c1c(N)c(C#N)c(Cl)n1C. The van der Waals surface area contributed by atoms with E-state index in [0.29, 0.717) is 0 Å². The van der Waals surface area contributed by atoms with E-state index in [2.05, 4.69) is 0 Å². The molecule has 0 fully saturated rings. The molecule has 0 amide bonds. The number of nitriles is 1. The first kappa shape index (κ1) is 11.4. The van der Waals surface area contributed by atoms with Crippen LogP contribution in [0.4, 0.5) is 5.69 Å². The van der Waals surface area contributed by atoms with Crippen LogP contribution in [0.15, 0.2) is 0 Å². The number of halogens is 1. The van der Waals surface area contributed by atoms with Crippen LogP contribution in [0, 0.1) is 11.3 Å². The zero-order chi connectivity index (χ0) is 11.6. The maximum atomic E-state index is 11.5. The van der Waals surface area contributed by atoms with Crippen LogP contribution < -0.4 is 5.73 Å². The number of nitrogens with zero attached hydrogens (tertiary/aromatic N) is 2. The number of hydrogen-bond donors (Lipinski definition) is 1. The van der Waals surface area contributed by atoms with Gasteiger partial charge in [0.05, 0.1) is 12.3 Å². The van der Waals surface area contributed by atoms with Crippen LogP contribution in [0.2, 0.25) is 5.15 Å². The van der Waals surface area contributed by atoms with Crippen molar-refractivity contribution < 1.29 is 9.53 Å². The number of carbonyl (C=O) groups excluding carboxylic acids is 1. The number of nitrogen functional groups attached to an aromatic ring is 1. The molecule has 0 aliphatic rings. The second-order valence-electron chi connectivity index (χ2n) is 2.82. The molecule has 15 heavy (non-hydrogen) atoms. The molecule has 0 bridgehead atoms. The van der Waals surface area contributed by atoms with Gasteiger partial charge >= 0.3 is 5.97 Å². The van der Waals surface area contributed by atoms with E-state index in [4.69, 9.17) is 27.3 Å². The second kappa shape index (κ2) is 4.24. The highest BCUT2D eigenvalue weighted by molar-refractivity contribution is 6.32. The van der Waals surface area contributed by atoms with Gasteiger partial charge in [-0.25, -0.2) is 4.79 Å². The molecule has 1 heterocycles. The lowest BCUT2D eigenvalue weighted by molar-refractivity contribution is 0.0516. The van der Waals surface area contributed by atoms with Gasteiger partial charge in [-0.2, -0.15) is 5.26 Å². The van der Waals surface area contributed by atoms with Crippen molar-refractivity contribution in [3.63, 3.8) is 0 Å². The van der Waals surface area contributed by atoms with Crippen molar-refractivity contribution in [2.45, 2.75) is 6.92 Å². The summed E-state index contributed by atoms with van der Waals surface area (Å²) in [6.07, 6.45) is 0. The molecule has 2 N–H and O–H groups in total. The Kier molecular flexibility index (Phi) is 3.22. The molecule has 0 spiro atoms. The van der Waals surface area contributed by atoms with Gasteiger partial charge in [0.25, 0.3) is 0 Å². The third kappa shape index (κ3) is 1.76. The van der Waals surface area contributed by atoms with Crippen LogP contribution >= 0.6 is 11.6 Å². The Hall–Kier alpha value is -1.67. The summed E-state index contributed by atoms with van der Waals surface area (Å²) in [7, 11) is 1.55. The minimum atomic E-state index is -0.583. The molecule has 0 aliphatic carbocycles. The summed E-state index contributed by atoms with van der Waals surface area (Å²) in [4.78, 5) is 11.5. The fourth-order valence-corrected chi connectivity index (χ4v) is 1.46. The number of anilines is 1. The highest BCUT2D eigenvalue weighted by atomic mass is 35.5. The summed E-state index contributed by atoms with van der Waals surface area (Å²) >= 11 is 5.82. The van der Waals surface area contributed by atoms with Crippen LogP contribution in [0.3, 0.4) is 0 Å². The third-order valence-corrected chi connectivity index (χ3v) is 2.38. The van der Waals surface area contributed by atoms with E-state index < -0.39 is 5.97 Å². The van der Waals surface area contributed by atoms with E-state index in [1.165, 1.54) is 4.57 Å². The van der Waals surface area contributed by atoms with Crippen LogP contribution in [0.5, 0.6) is 0 Å². The molecule has 1 aromatic heterocycles. The van der Waals surface area contributed by atoms with E-state index in [1.807, 2.05) is 6.07 Å². The van der Waals surface area contributed by atoms with E-state index in [1.54, 1.807) is 14.0 Å². The number of hydrogen-bond acceptors (Lipinski definition) is 4. The highest BCUT2D eigenvalue weighted by Crippen LogP contribution is 2.28. The van der Waals surface area contributed by atoms with Gasteiger partial charge in [-0.15, -0.1) is 0 Å². The lowest BCUT2D eigenvalue weighted by Gasteiger charge is -2.04. The first-order valence-corrected chi connectivity index (χ1v) is 4.63. The fraction of sp³-hybridized carbons (Fsp3) is 0.333. The summed E-state index contributed by atoms with van der Waals surface area (Å²) in [6.45, 7) is 1.92. The van der Waals surface area contributed by atoms with Gasteiger partial charge in [0, 0.05) is 7.05 Å². The molecule has 0 atom stereocenters. The van der Waals surface area contributed by atoms with E-state index in [-0.39, 0.29) is 28.7 Å². The molecule has 80 valence electrons. The number of ether oxygens (including phenoxy) is 1. The van der Waals surface area contributed by atoms with Crippen LogP contribution in [-0.2, 0) is 11.8 Å². The molecule has 0 radical (unpaired) electrons. The monoisotopic (exact) mass is 227 g/mol. The largest absolute Gasteiger partial charge is 0.461 e. The maximum absolute atomic E-state index is 11.5. The second-order valence-corrected chi connectivity index (χ2v) is 3.18. The quantitative estimate of drug-likeness (QED) is 0.773. The summed E-state index contributed by atoms with van der Waals surface area (Å²) < 4.78 is 6.14. The Morgan fingerprint density at radius 1 is 1.73 bits per heavy atom. The lowest BCUT2D eigenvalue weighted by atomic mass is 10.3. The van der Waals surface area contributed by atoms with Crippen LogP contribution in [0.1, 0.15) is 23.0 Å². The zero-order valence-electron chi connectivity index (χ0n) is 8.37. The predicted octanol–water partition coefficient (Wildman–Crippen LogP) is 1.31. The van der Waals surface area contributed by atoms with Crippen molar-refractivity contribution in [2.24, 2.45) is 7.05 Å². The Bertz CT molecular complexity index is 445. The Morgan fingerprint density at radius 2 is 2.33 bits per heavy atom. The molecule has 5 nitrogen and oxygen atoms in total. The van der Waals surface area contributed by atoms with E-state index in [9.17, 15) is 4.79 Å². The van der Waals surface area contributed by atoms with Gasteiger partial charge in [-0.1, -0.05) is 11.6 Å². The number of carbonyl (C=O) groups is 1. The van der Waals surface area contributed by atoms with E-state index in [0.717, 1.165) is 0 Å². The van der Waals surface area contributed by atoms with Crippen molar-refractivity contribution in [1.82, 2.24) is 4.57 Å². The van der Waals surface area contributed by atoms with Gasteiger partial charge < -0.3 is 15.0 Å². The minimum Gasteiger partial charge on any atom is -0.461 e. The average molecular weight is 228 g/mol. The van der Waals surface area contributed by atoms with Crippen molar-refractivity contribution in [3.8, 4) is 6.07 Å². The van der Waals surface area contributed by atoms with Crippen molar-refractivity contribution in [3.05, 3.63) is 16.4 Å². The Balaban J connectivity index is 3.32. The van der Waals surface area contributed by atoms with Gasteiger partial charge in [-0.05, 0) is 6.92 Å². The fourth-order valence-electron chi connectivity index (χ4n) is 1.23. The number of aromatic nitrogens is 1. The average Bonchev–Trinajstić information content (AvgIpc) is 2.39. The highest BCUT2D eigenvalue weighted by Gasteiger charge is 2.23. The number of nitrogens with two attached hydrogens (primary N) is 1. The van der Waals surface area contributed by atoms with Gasteiger partial charge in [0.2, 0.25) is 0 Å². The smallest absolute Gasteiger partial charge is 0.357 e. The molecule has 1 rings (SSSR count). The lowest BCUT2D eigenvalue weighted by Crippen LogP contribution is -2.11. The molecule has 0 saturated carbocycles. The Morgan fingerprint density at radius 3 is 2.73 bits per heavy atom. The Labute approximate surface area is 92.0 Å². The van der Waals surface area contributed by atoms with Crippen molar-refractivity contribution >= 4 is 23.3 Å². The minimum absolute atomic E-state index is 0.0588. The zero-order valence-corrected chi connectivity index (χ0v) is 9.13. The first-order valence-electron chi connectivity index (χ1n) is 4.25. The molecular weight excluding hydrogens is 218 g/mol. The normalized spacial score (nSPS) is 9.73. The molecule has 0 saturated heterocycles. The van der Waals surface area contributed by atoms with Crippen molar-refractivity contribution in [2.75, 3.05) is 12.3 Å². The summed E-state index contributed by atoms with van der Waals surface area (Å²) in [5.41, 5.74) is 5.89. The van der Waals surface area contributed by atoms with Gasteiger partial charge in [0.1, 0.15) is 16.8 Å². The number of rotatable bonds is 2. The summed E-state index contributed by atoms with van der Waals surface area (Å²) in [6, 6.07) is 1.84. The first-order chi connectivity index (χ1) is 7.04. The summed E-state index contributed by atoms with van der Waals surface area (Å²) in [5, 5.41) is 8.91. The molecule has 0 unspecified atom stereocenters. The van der Waals surface area contributed by atoms with E-state index >= 15 is 0 Å². The van der Waals surface area contributed by atoms with Gasteiger partial charge in [0.15, 0.2) is 5.69 Å². The molecular formula is C9H10ClN3O2. The predicted molar refractivity (Wildman–Crippen MR) is 55.5 cm³/mol. The van der Waals surface area contributed by atoms with Crippen LogP contribution in [0.25, 0.3) is 0 Å². The molecule has 1 aromatic rings. The number of esters is 1. The van der Waals surface area contributed by atoms with Crippen molar-refractivity contribution in [1.29, 1.82) is 5.26 Å². The maximum Gasteiger partial charge on any atom is 0.357 e. The molecule has 0 aromatic carbocycles. The third-order valence-electron chi connectivity index (χ3n) is 1.94.